The molecule has 0 spiro atoms. The maximum absolute atomic E-state index is 6.06. The molecule has 0 radical (unpaired) electrons. The number of anilines is 3. The first kappa shape index (κ1) is 15.8. The van der Waals surface area contributed by atoms with Crippen LogP contribution in [0.15, 0.2) is 22.7 Å². The highest BCUT2D eigenvalue weighted by Crippen LogP contribution is 2.31. The molecule has 1 aromatic carbocycles. The van der Waals surface area contributed by atoms with Gasteiger partial charge in [-0.3, -0.25) is 0 Å². The van der Waals surface area contributed by atoms with Gasteiger partial charge in [-0.1, -0.05) is 17.7 Å². The molecule has 21 heavy (non-hydrogen) atoms. The standard InChI is InChI=1S/C13H15BrClN5O/c1-7(2)21-13-19-11(16-3)18-12(20-13)17-9-6-4-5-8(15)10(9)14/h4-7H,1-3H3,(H2,16,17,18,19,20). The smallest absolute Gasteiger partial charge is 0.323 e. The molecule has 2 aromatic rings. The maximum Gasteiger partial charge on any atom is 0.323 e. The summed E-state index contributed by atoms with van der Waals surface area (Å²) in [5, 5.41) is 6.56. The normalized spacial score (nSPS) is 10.6. The first-order chi connectivity index (χ1) is 9.99. The molecule has 0 aliphatic heterocycles. The van der Waals surface area contributed by atoms with Gasteiger partial charge in [-0.2, -0.15) is 15.0 Å². The predicted octanol–water partition coefficient (Wildman–Crippen LogP) is 3.86. The van der Waals surface area contributed by atoms with Gasteiger partial charge in [0.15, 0.2) is 0 Å². The molecule has 112 valence electrons. The molecule has 1 aromatic heterocycles. The van der Waals surface area contributed by atoms with Crippen LogP contribution in [0.1, 0.15) is 13.8 Å². The third-order valence-corrected chi connectivity index (χ3v) is 3.78. The zero-order valence-corrected chi connectivity index (χ0v) is 14.2. The average Bonchev–Trinajstić information content (AvgIpc) is 2.43. The Hall–Kier alpha value is -1.60. The fourth-order valence-electron chi connectivity index (χ4n) is 1.51. The number of aromatic nitrogens is 3. The lowest BCUT2D eigenvalue weighted by molar-refractivity contribution is 0.222. The number of ether oxygens (including phenoxy) is 1. The second-order valence-corrected chi connectivity index (χ2v) is 5.61. The molecule has 2 rings (SSSR count). The van der Waals surface area contributed by atoms with Gasteiger partial charge in [0.2, 0.25) is 11.9 Å². The highest BCUT2D eigenvalue weighted by molar-refractivity contribution is 9.10. The highest BCUT2D eigenvalue weighted by Gasteiger charge is 2.10. The summed E-state index contributed by atoms with van der Waals surface area (Å²) in [7, 11) is 1.73. The largest absolute Gasteiger partial charge is 0.461 e. The van der Waals surface area contributed by atoms with E-state index in [-0.39, 0.29) is 12.1 Å². The maximum atomic E-state index is 6.06. The molecule has 0 unspecified atom stereocenters. The fraction of sp³-hybridized carbons (Fsp3) is 0.308. The van der Waals surface area contributed by atoms with Crippen LogP contribution < -0.4 is 15.4 Å². The van der Waals surface area contributed by atoms with Crippen molar-refractivity contribution in [1.29, 1.82) is 0 Å². The molecule has 0 fully saturated rings. The van der Waals surface area contributed by atoms with Crippen LogP contribution in [-0.2, 0) is 0 Å². The summed E-state index contributed by atoms with van der Waals surface area (Å²) in [4.78, 5) is 12.6. The summed E-state index contributed by atoms with van der Waals surface area (Å²) in [6.07, 6.45) is -0.0251. The lowest BCUT2D eigenvalue weighted by atomic mass is 10.3. The zero-order valence-electron chi connectivity index (χ0n) is 11.8. The molecular weight excluding hydrogens is 358 g/mol. The first-order valence-electron chi connectivity index (χ1n) is 6.31. The molecule has 0 aliphatic carbocycles. The van der Waals surface area contributed by atoms with Crippen LogP contribution in [0, 0.1) is 0 Å². The Bertz CT molecular complexity index is 638. The van der Waals surface area contributed by atoms with Gasteiger partial charge in [0.25, 0.3) is 0 Å². The molecule has 2 N–H and O–H groups in total. The van der Waals surface area contributed by atoms with E-state index in [1.54, 1.807) is 13.1 Å². The van der Waals surface area contributed by atoms with Crippen LogP contribution in [0.25, 0.3) is 0 Å². The van der Waals surface area contributed by atoms with Crippen LogP contribution in [0.5, 0.6) is 6.01 Å². The van der Waals surface area contributed by atoms with E-state index in [0.29, 0.717) is 16.9 Å². The minimum absolute atomic E-state index is 0.0251. The van der Waals surface area contributed by atoms with Gasteiger partial charge >= 0.3 is 6.01 Å². The van der Waals surface area contributed by atoms with Crippen molar-refractivity contribution in [2.24, 2.45) is 0 Å². The summed E-state index contributed by atoms with van der Waals surface area (Å²) in [6.45, 7) is 3.81. The minimum Gasteiger partial charge on any atom is -0.461 e. The quantitative estimate of drug-likeness (QED) is 0.830. The third-order valence-electron chi connectivity index (χ3n) is 2.38. The number of rotatable bonds is 5. The van der Waals surface area contributed by atoms with E-state index in [9.17, 15) is 0 Å². The van der Waals surface area contributed by atoms with E-state index in [4.69, 9.17) is 16.3 Å². The molecule has 0 aliphatic rings. The molecule has 0 amide bonds. The third kappa shape index (κ3) is 4.18. The number of benzene rings is 1. The predicted molar refractivity (Wildman–Crippen MR) is 87.6 cm³/mol. The Balaban J connectivity index is 2.32. The van der Waals surface area contributed by atoms with Crippen molar-refractivity contribution in [2.75, 3.05) is 17.7 Å². The van der Waals surface area contributed by atoms with Crippen molar-refractivity contribution < 1.29 is 4.74 Å². The topological polar surface area (TPSA) is 72.0 Å². The van der Waals surface area contributed by atoms with Crippen LogP contribution in [-0.4, -0.2) is 28.1 Å². The number of nitrogens with one attached hydrogen (secondary N) is 2. The molecule has 1 heterocycles. The Morgan fingerprint density at radius 2 is 1.90 bits per heavy atom. The van der Waals surface area contributed by atoms with Crippen molar-refractivity contribution >= 4 is 45.1 Å². The van der Waals surface area contributed by atoms with Crippen LogP contribution in [0.4, 0.5) is 17.6 Å². The van der Waals surface area contributed by atoms with E-state index < -0.39 is 0 Å². The second kappa shape index (κ2) is 6.91. The van der Waals surface area contributed by atoms with E-state index in [1.165, 1.54) is 0 Å². The van der Waals surface area contributed by atoms with Crippen LogP contribution in [0.2, 0.25) is 5.02 Å². The van der Waals surface area contributed by atoms with Gasteiger partial charge in [0, 0.05) is 7.05 Å². The van der Waals surface area contributed by atoms with E-state index in [2.05, 4.69) is 41.5 Å². The molecule has 6 nitrogen and oxygen atoms in total. The average molecular weight is 373 g/mol. The molecule has 0 bridgehead atoms. The summed E-state index contributed by atoms with van der Waals surface area (Å²) >= 11 is 9.48. The van der Waals surface area contributed by atoms with Gasteiger partial charge in [-0.05, 0) is 41.9 Å². The number of halogens is 2. The Morgan fingerprint density at radius 1 is 1.19 bits per heavy atom. The summed E-state index contributed by atoms with van der Waals surface area (Å²) in [5.41, 5.74) is 0.756. The lowest BCUT2D eigenvalue weighted by Crippen LogP contribution is -2.12. The summed E-state index contributed by atoms with van der Waals surface area (Å²) in [6, 6.07) is 5.74. The monoisotopic (exact) mass is 371 g/mol. The Kier molecular flexibility index (Phi) is 5.19. The van der Waals surface area contributed by atoms with Gasteiger partial charge in [0.05, 0.1) is 21.3 Å². The van der Waals surface area contributed by atoms with Crippen LogP contribution >= 0.6 is 27.5 Å². The molecule has 0 saturated carbocycles. The van der Waals surface area contributed by atoms with Gasteiger partial charge in [-0.25, -0.2) is 0 Å². The fourth-order valence-corrected chi connectivity index (χ4v) is 2.05. The number of hydrogen-bond donors (Lipinski definition) is 2. The van der Waals surface area contributed by atoms with E-state index in [1.807, 2.05) is 26.0 Å². The van der Waals surface area contributed by atoms with Gasteiger partial charge < -0.3 is 15.4 Å². The van der Waals surface area contributed by atoms with Crippen LogP contribution in [0.3, 0.4) is 0 Å². The molecular formula is C13H15BrClN5O. The van der Waals surface area contributed by atoms with Crippen molar-refractivity contribution in [3.8, 4) is 6.01 Å². The van der Waals surface area contributed by atoms with E-state index in [0.717, 1.165) is 10.2 Å². The molecule has 8 heteroatoms. The lowest BCUT2D eigenvalue weighted by Gasteiger charge is -2.12. The summed E-state index contributed by atoms with van der Waals surface area (Å²) < 4.78 is 6.25. The SMILES string of the molecule is CNc1nc(Nc2cccc(Cl)c2Br)nc(OC(C)C)n1. The Labute approximate surface area is 136 Å². The van der Waals surface area contributed by atoms with E-state index >= 15 is 0 Å². The summed E-state index contributed by atoms with van der Waals surface area (Å²) in [5.74, 6) is 0.786. The van der Waals surface area contributed by atoms with Crippen molar-refractivity contribution in [1.82, 2.24) is 15.0 Å². The minimum atomic E-state index is -0.0251. The van der Waals surface area contributed by atoms with Crippen molar-refractivity contribution in [2.45, 2.75) is 20.0 Å². The zero-order chi connectivity index (χ0) is 15.4. The highest BCUT2D eigenvalue weighted by atomic mass is 79.9. The number of nitrogens with zero attached hydrogens (tertiary/aromatic N) is 3. The molecule has 0 saturated heterocycles. The van der Waals surface area contributed by atoms with Gasteiger partial charge in [-0.15, -0.1) is 0 Å². The number of hydrogen-bond acceptors (Lipinski definition) is 6. The van der Waals surface area contributed by atoms with Crippen molar-refractivity contribution in [3.05, 3.63) is 27.7 Å². The first-order valence-corrected chi connectivity index (χ1v) is 7.48. The second-order valence-electron chi connectivity index (χ2n) is 4.41. The van der Waals surface area contributed by atoms with Gasteiger partial charge in [0.1, 0.15) is 0 Å². The molecule has 0 atom stereocenters. The Morgan fingerprint density at radius 3 is 2.57 bits per heavy atom. The van der Waals surface area contributed by atoms with Crippen molar-refractivity contribution in [3.63, 3.8) is 0 Å².